The van der Waals surface area contributed by atoms with Crippen molar-refractivity contribution in [2.45, 2.75) is 19.3 Å². The molecule has 0 heterocycles. The van der Waals surface area contributed by atoms with Crippen LogP contribution in [0.4, 0.5) is 0 Å². The minimum atomic E-state index is 0.239. The van der Waals surface area contributed by atoms with Crippen LogP contribution in [0.15, 0.2) is 54.1 Å². The molecule has 1 aromatic rings. The zero-order chi connectivity index (χ0) is 10.5. The monoisotopic (exact) mass is 198 g/mol. The van der Waals surface area contributed by atoms with Crippen LogP contribution in [-0.2, 0) is 0 Å². The fourth-order valence-electron chi connectivity index (χ4n) is 1.72. The highest BCUT2D eigenvalue weighted by Crippen LogP contribution is 2.17. The van der Waals surface area contributed by atoms with Gasteiger partial charge in [0.1, 0.15) is 0 Å². The normalized spacial score (nSPS) is 14.0. The Morgan fingerprint density at radius 2 is 2.00 bits per heavy atom. The van der Waals surface area contributed by atoms with E-state index in [9.17, 15) is 4.79 Å². The minimum Gasteiger partial charge on any atom is -0.294 e. The smallest absolute Gasteiger partial charge is 0.163 e. The molecule has 76 valence electrons. The average Bonchev–Trinajstić information content (AvgIpc) is 2.80. The summed E-state index contributed by atoms with van der Waals surface area (Å²) in [6, 6.07) is 9.50. The highest BCUT2D eigenvalue weighted by Gasteiger charge is 2.06. The molecule has 1 heteroatoms. The van der Waals surface area contributed by atoms with Gasteiger partial charge < -0.3 is 0 Å². The Labute approximate surface area is 90.1 Å². The van der Waals surface area contributed by atoms with E-state index in [-0.39, 0.29) is 5.78 Å². The number of carbonyl (C=O) groups is 1. The van der Waals surface area contributed by atoms with Gasteiger partial charge in [0.05, 0.1) is 0 Å². The summed E-state index contributed by atoms with van der Waals surface area (Å²) in [5.41, 5.74) is 2.18. The summed E-state index contributed by atoms with van der Waals surface area (Å²) in [6.07, 6.45) is 8.82. The molecule has 0 saturated carbocycles. The Morgan fingerprint density at radius 1 is 1.20 bits per heavy atom. The van der Waals surface area contributed by atoms with Crippen LogP contribution in [-0.4, -0.2) is 5.78 Å². The van der Waals surface area contributed by atoms with Crippen molar-refractivity contribution >= 4 is 5.78 Å². The van der Waals surface area contributed by atoms with Crippen LogP contribution in [0.3, 0.4) is 0 Å². The van der Waals surface area contributed by atoms with E-state index in [2.05, 4.69) is 18.2 Å². The first-order chi connectivity index (χ1) is 7.36. The summed E-state index contributed by atoms with van der Waals surface area (Å²) in [4.78, 5) is 11.8. The lowest BCUT2D eigenvalue weighted by molar-refractivity contribution is 0.0982. The van der Waals surface area contributed by atoms with Crippen molar-refractivity contribution in [1.82, 2.24) is 0 Å². The third-order valence-corrected chi connectivity index (χ3v) is 2.62. The van der Waals surface area contributed by atoms with E-state index in [1.807, 2.05) is 30.3 Å². The van der Waals surface area contributed by atoms with Gasteiger partial charge in [-0.15, -0.1) is 0 Å². The van der Waals surface area contributed by atoms with Crippen molar-refractivity contribution in [3.8, 4) is 0 Å². The van der Waals surface area contributed by atoms with Crippen molar-refractivity contribution < 1.29 is 4.79 Å². The molecule has 0 bridgehead atoms. The molecule has 1 aliphatic rings. The number of rotatable bonds is 4. The number of allylic oxidation sites excluding steroid dienone is 4. The van der Waals surface area contributed by atoms with Gasteiger partial charge in [0.15, 0.2) is 5.78 Å². The molecule has 15 heavy (non-hydrogen) atoms. The molecule has 0 fully saturated rings. The quantitative estimate of drug-likeness (QED) is 0.676. The molecule has 0 aromatic heterocycles. The third-order valence-electron chi connectivity index (χ3n) is 2.62. The molecule has 0 amide bonds. The lowest BCUT2D eigenvalue weighted by Crippen LogP contribution is -1.98. The molecule has 0 atom stereocenters. The highest BCUT2D eigenvalue weighted by molar-refractivity contribution is 5.96. The molecular formula is C14H14O. The topological polar surface area (TPSA) is 17.1 Å². The maximum absolute atomic E-state index is 11.8. The summed E-state index contributed by atoms with van der Waals surface area (Å²) >= 11 is 0. The second-order valence-corrected chi connectivity index (χ2v) is 3.75. The number of carbonyl (C=O) groups excluding carboxylic acids is 1. The summed E-state index contributed by atoms with van der Waals surface area (Å²) in [5.74, 6) is 0.239. The number of hydrogen-bond donors (Lipinski definition) is 0. The van der Waals surface area contributed by atoms with E-state index < -0.39 is 0 Å². The van der Waals surface area contributed by atoms with Gasteiger partial charge in [-0.25, -0.2) is 0 Å². The van der Waals surface area contributed by atoms with Crippen LogP contribution < -0.4 is 0 Å². The van der Waals surface area contributed by atoms with Crippen molar-refractivity contribution in [2.75, 3.05) is 0 Å². The molecule has 0 aliphatic heterocycles. The first kappa shape index (κ1) is 9.91. The van der Waals surface area contributed by atoms with Gasteiger partial charge in [-0.3, -0.25) is 4.79 Å². The van der Waals surface area contributed by atoms with Gasteiger partial charge in [-0.1, -0.05) is 54.1 Å². The summed E-state index contributed by atoms with van der Waals surface area (Å²) in [7, 11) is 0. The fraction of sp³-hybridized carbons (Fsp3) is 0.214. The number of hydrogen-bond acceptors (Lipinski definition) is 1. The minimum absolute atomic E-state index is 0.239. The standard InChI is InChI=1S/C14H14O/c15-14(13-8-2-1-3-9-13)11-10-12-6-4-5-7-12/h1-6,8-9H,7,10-11H2. The lowest BCUT2D eigenvalue weighted by atomic mass is 10.0. The van der Waals surface area contributed by atoms with E-state index >= 15 is 0 Å². The molecule has 1 aromatic carbocycles. The third kappa shape index (κ3) is 2.66. The van der Waals surface area contributed by atoms with Gasteiger partial charge in [-0.2, -0.15) is 0 Å². The van der Waals surface area contributed by atoms with Crippen LogP contribution >= 0.6 is 0 Å². The second-order valence-electron chi connectivity index (χ2n) is 3.75. The molecule has 1 aliphatic carbocycles. The summed E-state index contributed by atoms with van der Waals surface area (Å²) < 4.78 is 0. The van der Waals surface area contributed by atoms with Crippen molar-refractivity contribution in [3.05, 3.63) is 59.7 Å². The Hall–Kier alpha value is -1.63. The van der Waals surface area contributed by atoms with E-state index in [1.165, 1.54) is 5.57 Å². The molecule has 1 nitrogen and oxygen atoms in total. The summed E-state index contributed by atoms with van der Waals surface area (Å²) in [5, 5.41) is 0. The highest BCUT2D eigenvalue weighted by atomic mass is 16.1. The van der Waals surface area contributed by atoms with Crippen molar-refractivity contribution in [3.63, 3.8) is 0 Å². The second kappa shape index (κ2) is 4.74. The zero-order valence-corrected chi connectivity index (χ0v) is 8.65. The average molecular weight is 198 g/mol. The van der Waals surface area contributed by atoms with Gasteiger partial charge in [0.25, 0.3) is 0 Å². The SMILES string of the molecule is O=C(CCC1=CC=CC1)c1ccccc1. The van der Waals surface area contributed by atoms with Gasteiger partial charge in [0.2, 0.25) is 0 Å². The molecule has 0 unspecified atom stereocenters. The van der Waals surface area contributed by atoms with Crippen molar-refractivity contribution in [2.24, 2.45) is 0 Å². The molecule has 0 N–H and O–H groups in total. The maximum Gasteiger partial charge on any atom is 0.163 e. The predicted octanol–water partition coefficient (Wildman–Crippen LogP) is 3.54. The van der Waals surface area contributed by atoms with Crippen LogP contribution in [0.5, 0.6) is 0 Å². The maximum atomic E-state index is 11.8. The van der Waals surface area contributed by atoms with E-state index in [0.29, 0.717) is 6.42 Å². The fourth-order valence-corrected chi connectivity index (χ4v) is 1.72. The van der Waals surface area contributed by atoms with E-state index in [0.717, 1.165) is 18.4 Å². The first-order valence-corrected chi connectivity index (χ1v) is 5.29. The van der Waals surface area contributed by atoms with Crippen LogP contribution in [0, 0.1) is 0 Å². The van der Waals surface area contributed by atoms with Gasteiger partial charge >= 0.3 is 0 Å². The van der Waals surface area contributed by atoms with E-state index in [1.54, 1.807) is 0 Å². The van der Waals surface area contributed by atoms with Crippen LogP contribution in [0.25, 0.3) is 0 Å². The molecular weight excluding hydrogens is 184 g/mol. The zero-order valence-electron chi connectivity index (χ0n) is 8.65. The first-order valence-electron chi connectivity index (χ1n) is 5.29. The van der Waals surface area contributed by atoms with Crippen LogP contribution in [0.2, 0.25) is 0 Å². The van der Waals surface area contributed by atoms with Gasteiger partial charge in [-0.05, 0) is 12.8 Å². The number of benzene rings is 1. The van der Waals surface area contributed by atoms with Gasteiger partial charge in [0, 0.05) is 12.0 Å². The van der Waals surface area contributed by atoms with Crippen LogP contribution in [0.1, 0.15) is 29.6 Å². The Balaban J connectivity index is 1.88. The Morgan fingerprint density at radius 3 is 2.67 bits per heavy atom. The Bertz CT molecular complexity index is 399. The van der Waals surface area contributed by atoms with Crippen molar-refractivity contribution in [1.29, 1.82) is 0 Å². The predicted molar refractivity (Wildman–Crippen MR) is 61.8 cm³/mol. The van der Waals surface area contributed by atoms with E-state index in [4.69, 9.17) is 0 Å². The molecule has 0 spiro atoms. The molecule has 0 saturated heterocycles. The molecule has 0 radical (unpaired) electrons. The summed E-state index contributed by atoms with van der Waals surface area (Å²) in [6.45, 7) is 0. The lowest BCUT2D eigenvalue weighted by Gasteiger charge is -2.01. The number of ketones is 1. The molecule has 2 rings (SSSR count). The largest absolute Gasteiger partial charge is 0.294 e. The Kier molecular flexibility index (Phi) is 3.13. The number of Topliss-reactive ketones (excluding diaryl/α,β-unsaturated/α-hetero) is 1.